The van der Waals surface area contributed by atoms with Gasteiger partial charge in [-0.15, -0.1) is 11.3 Å². The summed E-state index contributed by atoms with van der Waals surface area (Å²) in [5.74, 6) is 0.453. The molecule has 18 heavy (non-hydrogen) atoms. The van der Waals surface area contributed by atoms with Crippen LogP contribution < -0.4 is 4.74 Å². The van der Waals surface area contributed by atoms with Crippen LogP contribution in [0.2, 0.25) is 0 Å². The minimum Gasteiger partial charge on any atom is -0.497 e. The summed E-state index contributed by atoms with van der Waals surface area (Å²) in [6.07, 6.45) is 0. The molecule has 0 saturated heterocycles. The Morgan fingerprint density at radius 2 is 2.06 bits per heavy atom. The highest BCUT2D eigenvalue weighted by Crippen LogP contribution is 2.16. The van der Waals surface area contributed by atoms with Crippen molar-refractivity contribution in [3.05, 3.63) is 45.9 Å². The first-order valence-corrected chi connectivity index (χ1v) is 6.29. The number of hydrogen-bond acceptors (Lipinski definition) is 5. The van der Waals surface area contributed by atoms with Gasteiger partial charge in [0.1, 0.15) is 17.2 Å². The van der Waals surface area contributed by atoms with E-state index < -0.39 is 0 Å². The molecule has 5 heteroatoms. The van der Waals surface area contributed by atoms with Crippen LogP contribution in [0.1, 0.15) is 20.9 Å². The molecule has 0 atom stereocenters. The first-order valence-electron chi connectivity index (χ1n) is 5.41. The second-order valence-corrected chi connectivity index (χ2v) is 4.55. The van der Waals surface area contributed by atoms with Gasteiger partial charge in [0, 0.05) is 0 Å². The number of rotatable bonds is 4. The molecule has 0 amide bonds. The molecular formula is C13H13NO3S. The van der Waals surface area contributed by atoms with Crippen LogP contribution in [-0.4, -0.2) is 18.1 Å². The fraction of sp³-hybridized carbons (Fsp3) is 0.231. The molecule has 0 aliphatic carbocycles. The molecule has 0 bridgehead atoms. The van der Waals surface area contributed by atoms with E-state index in [9.17, 15) is 4.79 Å². The van der Waals surface area contributed by atoms with E-state index in [2.05, 4.69) is 4.98 Å². The number of aryl methyl sites for hydroxylation is 1. The van der Waals surface area contributed by atoms with Crippen LogP contribution in [0.3, 0.4) is 0 Å². The number of ether oxygens (including phenoxy) is 2. The minimum atomic E-state index is -0.328. The quantitative estimate of drug-likeness (QED) is 0.796. The van der Waals surface area contributed by atoms with Gasteiger partial charge in [-0.2, -0.15) is 0 Å². The SMILES string of the molecule is COc1ccc(COC(=O)c2scnc2C)cc1. The molecule has 0 radical (unpaired) electrons. The maximum atomic E-state index is 11.7. The Morgan fingerprint density at radius 1 is 1.33 bits per heavy atom. The molecule has 0 unspecified atom stereocenters. The summed E-state index contributed by atoms with van der Waals surface area (Å²) in [7, 11) is 1.61. The molecule has 1 heterocycles. The lowest BCUT2D eigenvalue weighted by Crippen LogP contribution is -2.04. The summed E-state index contributed by atoms with van der Waals surface area (Å²) in [5, 5.41) is 0. The third-order valence-corrected chi connectivity index (χ3v) is 3.37. The van der Waals surface area contributed by atoms with Crippen LogP contribution in [0, 0.1) is 6.92 Å². The van der Waals surface area contributed by atoms with Gasteiger partial charge in [-0.3, -0.25) is 0 Å². The van der Waals surface area contributed by atoms with E-state index in [4.69, 9.17) is 9.47 Å². The maximum absolute atomic E-state index is 11.7. The Kier molecular flexibility index (Phi) is 3.94. The highest BCUT2D eigenvalue weighted by Gasteiger charge is 2.13. The Balaban J connectivity index is 1.95. The number of methoxy groups -OCH3 is 1. The number of carbonyl (C=O) groups is 1. The second kappa shape index (κ2) is 5.64. The van der Waals surface area contributed by atoms with Crippen molar-refractivity contribution < 1.29 is 14.3 Å². The zero-order valence-corrected chi connectivity index (χ0v) is 11.0. The van der Waals surface area contributed by atoms with Gasteiger partial charge in [-0.1, -0.05) is 12.1 Å². The van der Waals surface area contributed by atoms with E-state index in [0.29, 0.717) is 10.6 Å². The van der Waals surface area contributed by atoms with Crippen molar-refractivity contribution in [2.45, 2.75) is 13.5 Å². The van der Waals surface area contributed by atoms with E-state index in [1.165, 1.54) is 11.3 Å². The topological polar surface area (TPSA) is 48.4 Å². The highest BCUT2D eigenvalue weighted by molar-refractivity contribution is 7.11. The van der Waals surface area contributed by atoms with E-state index in [-0.39, 0.29) is 12.6 Å². The third-order valence-electron chi connectivity index (χ3n) is 2.46. The monoisotopic (exact) mass is 263 g/mol. The van der Waals surface area contributed by atoms with Gasteiger partial charge in [0.2, 0.25) is 0 Å². The van der Waals surface area contributed by atoms with Crippen molar-refractivity contribution in [2.75, 3.05) is 7.11 Å². The van der Waals surface area contributed by atoms with E-state index >= 15 is 0 Å². The Morgan fingerprint density at radius 3 is 2.61 bits per heavy atom. The molecular weight excluding hydrogens is 250 g/mol. The average molecular weight is 263 g/mol. The number of nitrogens with zero attached hydrogens (tertiary/aromatic N) is 1. The number of carbonyl (C=O) groups excluding carboxylic acids is 1. The smallest absolute Gasteiger partial charge is 0.350 e. The Hall–Kier alpha value is -1.88. The zero-order chi connectivity index (χ0) is 13.0. The van der Waals surface area contributed by atoms with E-state index in [0.717, 1.165) is 11.3 Å². The number of thiazole rings is 1. The molecule has 1 aromatic carbocycles. The Labute approximate surface area is 109 Å². The van der Waals surface area contributed by atoms with E-state index in [1.54, 1.807) is 19.5 Å². The van der Waals surface area contributed by atoms with Gasteiger partial charge < -0.3 is 9.47 Å². The summed E-state index contributed by atoms with van der Waals surface area (Å²) < 4.78 is 10.3. The predicted molar refractivity (Wildman–Crippen MR) is 69.0 cm³/mol. The first-order chi connectivity index (χ1) is 8.70. The van der Waals surface area contributed by atoms with Gasteiger partial charge in [0.15, 0.2) is 0 Å². The van der Waals surface area contributed by atoms with Crippen LogP contribution in [0.4, 0.5) is 0 Å². The highest BCUT2D eigenvalue weighted by atomic mass is 32.1. The number of hydrogen-bond donors (Lipinski definition) is 0. The van der Waals surface area contributed by atoms with Gasteiger partial charge in [0.05, 0.1) is 18.3 Å². The first kappa shape index (κ1) is 12.6. The van der Waals surface area contributed by atoms with Gasteiger partial charge in [0.25, 0.3) is 0 Å². The Bertz CT molecular complexity index is 533. The molecule has 0 N–H and O–H groups in total. The number of aromatic nitrogens is 1. The van der Waals surface area contributed by atoms with Crippen molar-refractivity contribution in [2.24, 2.45) is 0 Å². The van der Waals surface area contributed by atoms with Crippen molar-refractivity contribution in [3.8, 4) is 5.75 Å². The van der Waals surface area contributed by atoms with Crippen LogP contribution in [0.15, 0.2) is 29.8 Å². The number of esters is 1. The van der Waals surface area contributed by atoms with Crippen LogP contribution in [0.25, 0.3) is 0 Å². The summed E-state index contributed by atoms with van der Waals surface area (Å²) in [6, 6.07) is 7.40. The van der Waals surface area contributed by atoms with Crippen molar-refractivity contribution >= 4 is 17.3 Å². The fourth-order valence-corrected chi connectivity index (χ4v) is 2.13. The molecule has 1 aromatic heterocycles. The van der Waals surface area contributed by atoms with E-state index in [1.807, 2.05) is 24.3 Å². The van der Waals surface area contributed by atoms with Crippen LogP contribution in [-0.2, 0) is 11.3 Å². The standard InChI is InChI=1S/C13H13NO3S/c1-9-12(18-8-14-9)13(15)17-7-10-3-5-11(16-2)6-4-10/h3-6,8H,7H2,1-2H3. The number of benzene rings is 1. The molecule has 4 nitrogen and oxygen atoms in total. The summed E-state index contributed by atoms with van der Waals surface area (Å²) in [4.78, 5) is 16.3. The lowest BCUT2D eigenvalue weighted by molar-refractivity contribution is 0.0477. The van der Waals surface area contributed by atoms with Crippen molar-refractivity contribution in [3.63, 3.8) is 0 Å². The second-order valence-electron chi connectivity index (χ2n) is 3.69. The predicted octanol–water partition coefficient (Wildman–Crippen LogP) is 2.82. The van der Waals surface area contributed by atoms with Crippen LogP contribution in [0.5, 0.6) is 5.75 Å². The fourth-order valence-electron chi connectivity index (χ4n) is 1.43. The van der Waals surface area contributed by atoms with Crippen LogP contribution >= 0.6 is 11.3 Å². The normalized spacial score (nSPS) is 10.1. The molecule has 2 aromatic rings. The molecule has 0 saturated carbocycles. The molecule has 0 aliphatic rings. The van der Waals surface area contributed by atoms with Crippen molar-refractivity contribution in [1.82, 2.24) is 4.98 Å². The maximum Gasteiger partial charge on any atom is 0.350 e. The molecule has 0 aliphatic heterocycles. The zero-order valence-electron chi connectivity index (χ0n) is 10.2. The van der Waals surface area contributed by atoms with Gasteiger partial charge in [-0.25, -0.2) is 9.78 Å². The molecule has 94 valence electrons. The van der Waals surface area contributed by atoms with Crippen molar-refractivity contribution in [1.29, 1.82) is 0 Å². The largest absolute Gasteiger partial charge is 0.497 e. The van der Waals surface area contributed by atoms with Gasteiger partial charge in [-0.05, 0) is 24.6 Å². The lowest BCUT2D eigenvalue weighted by Gasteiger charge is -2.05. The average Bonchev–Trinajstić information content (AvgIpc) is 2.83. The minimum absolute atomic E-state index is 0.250. The molecule has 0 fully saturated rings. The summed E-state index contributed by atoms with van der Waals surface area (Å²) in [6.45, 7) is 2.04. The van der Waals surface area contributed by atoms with Gasteiger partial charge >= 0.3 is 5.97 Å². The lowest BCUT2D eigenvalue weighted by atomic mass is 10.2. The molecule has 2 rings (SSSR count). The summed E-state index contributed by atoms with van der Waals surface area (Å²) in [5.41, 5.74) is 3.27. The molecule has 0 spiro atoms. The third kappa shape index (κ3) is 2.87. The summed E-state index contributed by atoms with van der Waals surface area (Å²) >= 11 is 1.29.